The highest BCUT2D eigenvalue weighted by Crippen LogP contribution is 2.18. The van der Waals surface area contributed by atoms with Crippen molar-refractivity contribution in [3.8, 4) is 0 Å². The molecule has 0 spiro atoms. The van der Waals surface area contributed by atoms with Gasteiger partial charge in [0, 0.05) is 45.5 Å². The van der Waals surface area contributed by atoms with Gasteiger partial charge in [0.25, 0.3) is 0 Å². The number of ether oxygens (including phenoxy) is 1. The monoisotopic (exact) mass is 357 g/mol. The number of carbonyl (C=O) groups excluding carboxylic acids is 1. The minimum atomic E-state index is -0.0997. The minimum Gasteiger partial charge on any atom is -0.466 e. The first-order valence-electron chi connectivity index (χ1n) is 9.26. The first kappa shape index (κ1) is 18.2. The zero-order valence-corrected chi connectivity index (χ0v) is 15.5. The van der Waals surface area contributed by atoms with E-state index in [0.29, 0.717) is 13.2 Å². The zero-order chi connectivity index (χ0) is 18.4. The summed E-state index contributed by atoms with van der Waals surface area (Å²) < 4.78 is 7.20. The number of nitrogens with one attached hydrogen (secondary N) is 1. The molecule has 1 atom stereocenters. The van der Waals surface area contributed by atoms with Crippen molar-refractivity contribution in [1.82, 2.24) is 19.6 Å². The Bertz CT molecular complexity index is 737. The number of aromatic nitrogens is 2. The lowest BCUT2D eigenvalue weighted by Gasteiger charge is -2.33. The molecule has 0 bridgehead atoms. The SMILES string of the molecule is CCOC(=O)C1CCCN(C(=NC)NCCc2cn3ccccc3n2)C1. The van der Waals surface area contributed by atoms with Crippen LogP contribution in [0.15, 0.2) is 35.6 Å². The van der Waals surface area contributed by atoms with Gasteiger partial charge < -0.3 is 19.4 Å². The highest BCUT2D eigenvalue weighted by molar-refractivity contribution is 5.81. The predicted molar refractivity (Wildman–Crippen MR) is 101 cm³/mol. The molecule has 1 aliphatic rings. The number of fused-ring (bicyclic) bond motifs is 1. The fourth-order valence-corrected chi connectivity index (χ4v) is 3.36. The Labute approximate surface area is 154 Å². The molecule has 2 aromatic heterocycles. The number of carbonyl (C=O) groups is 1. The summed E-state index contributed by atoms with van der Waals surface area (Å²) in [6.45, 7) is 4.59. The van der Waals surface area contributed by atoms with Crippen LogP contribution in [0.2, 0.25) is 0 Å². The number of piperidine rings is 1. The Morgan fingerprint density at radius 1 is 1.46 bits per heavy atom. The molecule has 0 amide bonds. The van der Waals surface area contributed by atoms with E-state index in [1.807, 2.05) is 35.7 Å². The molecule has 1 aliphatic heterocycles. The number of pyridine rings is 1. The summed E-state index contributed by atoms with van der Waals surface area (Å²) >= 11 is 0. The van der Waals surface area contributed by atoms with Gasteiger partial charge in [0.05, 0.1) is 18.2 Å². The van der Waals surface area contributed by atoms with E-state index in [4.69, 9.17) is 4.74 Å². The molecule has 3 rings (SSSR count). The molecule has 1 fully saturated rings. The van der Waals surface area contributed by atoms with E-state index in [9.17, 15) is 4.79 Å². The molecule has 140 valence electrons. The lowest BCUT2D eigenvalue weighted by atomic mass is 9.98. The van der Waals surface area contributed by atoms with Crippen molar-refractivity contribution in [2.75, 3.05) is 33.3 Å². The van der Waals surface area contributed by atoms with Crippen molar-refractivity contribution in [2.45, 2.75) is 26.2 Å². The minimum absolute atomic E-state index is 0.0688. The van der Waals surface area contributed by atoms with Crippen LogP contribution in [0.3, 0.4) is 0 Å². The highest BCUT2D eigenvalue weighted by atomic mass is 16.5. The van der Waals surface area contributed by atoms with E-state index in [1.165, 1.54) is 0 Å². The molecule has 0 aliphatic carbocycles. The van der Waals surface area contributed by atoms with E-state index < -0.39 is 0 Å². The number of esters is 1. The maximum Gasteiger partial charge on any atom is 0.310 e. The average Bonchev–Trinajstić information content (AvgIpc) is 3.08. The van der Waals surface area contributed by atoms with Crippen LogP contribution in [0, 0.1) is 5.92 Å². The van der Waals surface area contributed by atoms with Gasteiger partial charge in [-0.25, -0.2) is 4.98 Å². The van der Waals surface area contributed by atoms with Crippen LogP contribution in [0.25, 0.3) is 5.65 Å². The zero-order valence-electron chi connectivity index (χ0n) is 15.5. The molecule has 0 radical (unpaired) electrons. The first-order chi connectivity index (χ1) is 12.7. The molecular weight excluding hydrogens is 330 g/mol. The van der Waals surface area contributed by atoms with Crippen molar-refractivity contribution < 1.29 is 9.53 Å². The standard InChI is InChI=1S/C19H27N5O2/c1-3-26-18(25)15-7-6-12-24(13-15)19(20-2)21-10-9-16-14-23-11-5-4-8-17(23)22-16/h4-5,8,11,14-15H,3,6-7,9-10,12-13H2,1-2H3,(H,20,21). The van der Waals surface area contributed by atoms with Crippen LogP contribution in [0.4, 0.5) is 0 Å². The normalized spacial score (nSPS) is 18.2. The molecule has 1 N–H and O–H groups in total. The van der Waals surface area contributed by atoms with Crippen LogP contribution in [0.5, 0.6) is 0 Å². The number of hydrogen-bond donors (Lipinski definition) is 1. The largest absolute Gasteiger partial charge is 0.466 e. The van der Waals surface area contributed by atoms with Crippen LogP contribution < -0.4 is 5.32 Å². The van der Waals surface area contributed by atoms with Gasteiger partial charge in [0.2, 0.25) is 0 Å². The lowest BCUT2D eigenvalue weighted by Crippen LogP contribution is -2.48. The maximum absolute atomic E-state index is 12.0. The molecule has 1 unspecified atom stereocenters. The third-order valence-electron chi connectivity index (χ3n) is 4.63. The summed E-state index contributed by atoms with van der Waals surface area (Å²) in [6, 6.07) is 5.98. The number of imidazole rings is 1. The molecule has 1 saturated heterocycles. The third-order valence-corrected chi connectivity index (χ3v) is 4.63. The van der Waals surface area contributed by atoms with E-state index in [-0.39, 0.29) is 11.9 Å². The lowest BCUT2D eigenvalue weighted by molar-refractivity contribution is -0.149. The summed E-state index contributed by atoms with van der Waals surface area (Å²) in [6.07, 6.45) is 6.72. The fourth-order valence-electron chi connectivity index (χ4n) is 3.36. The Balaban J connectivity index is 1.53. The van der Waals surface area contributed by atoms with Crippen molar-refractivity contribution in [2.24, 2.45) is 10.9 Å². The van der Waals surface area contributed by atoms with Gasteiger partial charge >= 0.3 is 5.97 Å². The second-order valence-electron chi connectivity index (χ2n) is 6.46. The van der Waals surface area contributed by atoms with Gasteiger partial charge in [-0.15, -0.1) is 0 Å². The molecule has 26 heavy (non-hydrogen) atoms. The highest BCUT2D eigenvalue weighted by Gasteiger charge is 2.28. The Morgan fingerprint density at radius 3 is 3.12 bits per heavy atom. The number of rotatable bonds is 5. The second-order valence-corrected chi connectivity index (χ2v) is 6.46. The van der Waals surface area contributed by atoms with Crippen molar-refractivity contribution in [3.05, 3.63) is 36.3 Å². The van der Waals surface area contributed by atoms with Crippen LogP contribution in [-0.4, -0.2) is 59.5 Å². The molecule has 7 nitrogen and oxygen atoms in total. The van der Waals surface area contributed by atoms with E-state index in [0.717, 1.165) is 49.7 Å². The van der Waals surface area contributed by atoms with E-state index in [1.54, 1.807) is 7.05 Å². The van der Waals surface area contributed by atoms with Gasteiger partial charge in [-0.1, -0.05) is 6.07 Å². The predicted octanol–water partition coefficient (Wildman–Crippen LogP) is 1.73. The van der Waals surface area contributed by atoms with Gasteiger partial charge in [-0.3, -0.25) is 9.79 Å². The van der Waals surface area contributed by atoms with Gasteiger partial charge in [-0.05, 0) is 31.9 Å². The molecule has 7 heteroatoms. The molecule has 0 aromatic carbocycles. The number of likely N-dealkylation sites (tertiary alicyclic amines) is 1. The van der Waals surface area contributed by atoms with Crippen molar-refractivity contribution >= 4 is 17.6 Å². The van der Waals surface area contributed by atoms with Crippen molar-refractivity contribution in [1.29, 1.82) is 0 Å². The first-order valence-corrected chi connectivity index (χ1v) is 9.26. The van der Waals surface area contributed by atoms with Crippen molar-refractivity contribution in [3.63, 3.8) is 0 Å². The molecule has 2 aromatic rings. The molecule has 0 saturated carbocycles. The summed E-state index contributed by atoms with van der Waals surface area (Å²) in [5, 5.41) is 3.40. The van der Waals surface area contributed by atoms with Gasteiger partial charge in [-0.2, -0.15) is 0 Å². The van der Waals surface area contributed by atoms with Crippen LogP contribution >= 0.6 is 0 Å². The maximum atomic E-state index is 12.0. The van der Waals surface area contributed by atoms with Gasteiger partial charge in [0.15, 0.2) is 5.96 Å². The van der Waals surface area contributed by atoms with Crippen LogP contribution in [-0.2, 0) is 16.0 Å². The third kappa shape index (κ3) is 4.33. The van der Waals surface area contributed by atoms with E-state index in [2.05, 4.69) is 26.4 Å². The molecular formula is C19H27N5O2. The Morgan fingerprint density at radius 2 is 2.35 bits per heavy atom. The summed E-state index contributed by atoms with van der Waals surface area (Å²) in [5.74, 6) is 0.667. The summed E-state index contributed by atoms with van der Waals surface area (Å²) in [7, 11) is 1.78. The topological polar surface area (TPSA) is 71.2 Å². The van der Waals surface area contributed by atoms with E-state index >= 15 is 0 Å². The molecule has 3 heterocycles. The Kier molecular flexibility index (Phi) is 6.09. The Hall–Kier alpha value is -2.57. The average molecular weight is 357 g/mol. The number of nitrogens with zero attached hydrogens (tertiary/aromatic N) is 4. The number of guanidine groups is 1. The summed E-state index contributed by atoms with van der Waals surface area (Å²) in [4.78, 5) is 23.2. The van der Waals surface area contributed by atoms with Crippen LogP contribution in [0.1, 0.15) is 25.5 Å². The quantitative estimate of drug-likeness (QED) is 0.501. The smallest absolute Gasteiger partial charge is 0.310 e. The second kappa shape index (κ2) is 8.69. The number of aliphatic imine (C=N–C) groups is 1. The fraction of sp³-hybridized carbons (Fsp3) is 0.526. The van der Waals surface area contributed by atoms with Gasteiger partial charge in [0.1, 0.15) is 5.65 Å². The summed E-state index contributed by atoms with van der Waals surface area (Å²) in [5.41, 5.74) is 2.00. The number of hydrogen-bond acceptors (Lipinski definition) is 4.